The lowest BCUT2D eigenvalue weighted by atomic mass is 9.90. The molecule has 1 N–H and O–H groups in total. The molecular formula is C28H32BrN5O2. The number of hydrogen-bond donors (Lipinski definition) is 1. The van der Waals surface area contributed by atoms with E-state index in [0.717, 1.165) is 83.7 Å². The van der Waals surface area contributed by atoms with E-state index in [1.54, 1.807) is 13.4 Å². The molecule has 2 fully saturated rings. The maximum atomic E-state index is 5.55. The molecule has 4 aromatic rings. The van der Waals surface area contributed by atoms with Gasteiger partial charge in [0.1, 0.15) is 23.5 Å². The zero-order valence-electron chi connectivity index (χ0n) is 20.6. The largest absolute Gasteiger partial charge is 0.497 e. The average Bonchev–Trinajstić information content (AvgIpc) is 3.23. The molecule has 8 heteroatoms. The number of ether oxygens (including phenoxy) is 2. The summed E-state index contributed by atoms with van der Waals surface area (Å²) in [6, 6.07) is 15.8. The molecule has 6 rings (SSSR count). The standard InChI is InChI=1S/C28H32BrN5O2/c1-35-23-9-2-19(3-10-23)17-34-25-11-4-20(29)16-24(25)26-27(30-18-31-28(26)34)32-21-5-7-22(8-6-21)33-12-14-36-15-13-33/h2-4,9-11,16,18,21-22H,5-8,12-15,17H2,1H3,(H,30,31,32). The van der Waals surface area contributed by atoms with Crippen molar-refractivity contribution in [1.82, 2.24) is 19.4 Å². The summed E-state index contributed by atoms with van der Waals surface area (Å²) < 4.78 is 14.2. The van der Waals surface area contributed by atoms with E-state index < -0.39 is 0 Å². The fourth-order valence-corrected chi connectivity index (χ4v) is 6.15. The Morgan fingerprint density at radius 3 is 2.56 bits per heavy atom. The summed E-state index contributed by atoms with van der Waals surface area (Å²) >= 11 is 3.68. The van der Waals surface area contributed by atoms with Gasteiger partial charge < -0.3 is 19.4 Å². The van der Waals surface area contributed by atoms with Crippen molar-refractivity contribution in [2.45, 2.75) is 44.3 Å². The first-order valence-corrected chi connectivity index (χ1v) is 13.6. The minimum absolute atomic E-state index is 0.424. The number of hydrogen-bond acceptors (Lipinski definition) is 6. The third-order valence-electron chi connectivity index (χ3n) is 7.70. The minimum Gasteiger partial charge on any atom is -0.497 e. The molecule has 2 aliphatic rings. The lowest BCUT2D eigenvalue weighted by Gasteiger charge is -2.39. The zero-order valence-corrected chi connectivity index (χ0v) is 22.2. The van der Waals surface area contributed by atoms with Crippen LogP contribution in [0.3, 0.4) is 0 Å². The van der Waals surface area contributed by atoms with E-state index >= 15 is 0 Å². The Kier molecular flexibility index (Phi) is 6.82. The third-order valence-corrected chi connectivity index (χ3v) is 8.19. The highest BCUT2D eigenvalue weighted by Crippen LogP contribution is 2.36. The molecule has 0 amide bonds. The monoisotopic (exact) mass is 549 g/mol. The Morgan fingerprint density at radius 2 is 1.81 bits per heavy atom. The molecule has 0 atom stereocenters. The van der Waals surface area contributed by atoms with E-state index in [1.165, 1.54) is 18.4 Å². The smallest absolute Gasteiger partial charge is 0.146 e. The van der Waals surface area contributed by atoms with E-state index in [0.29, 0.717) is 12.1 Å². The van der Waals surface area contributed by atoms with Gasteiger partial charge in [-0.25, -0.2) is 9.97 Å². The molecule has 1 aliphatic heterocycles. The number of nitrogens with one attached hydrogen (secondary N) is 1. The molecule has 2 aromatic heterocycles. The topological polar surface area (TPSA) is 64.4 Å². The molecule has 3 heterocycles. The van der Waals surface area contributed by atoms with E-state index in [9.17, 15) is 0 Å². The van der Waals surface area contributed by atoms with Gasteiger partial charge in [-0.3, -0.25) is 4.90 Å². The molecule has 36 heavy (non-hydrogen) atoms. The number of benzene rings is 2. The van der Waals surface area contributed by atoms with Crippen LogP contribution in [-0.4, -0.2) is 64.9 Å². The summed E-state index contributed by atoms with van der Waals surface area (Å²) in [6.07, 6.45) is 6.44. The summed E-state index contributed by atoms with van der Waals surface area (Å²) in [7, 11) is 1.69. The van der Waals surface area contributed by atoms with Gasteiger partial charge in [0.25, 0.3) is 0 Å². The Hall–Kier alpha value is -2.68. The van der Waals surface area contributed by atoms with Crippen LogP contribution in [0, 0.1) is 0 Å². The summed E-state index contributed by atoms with van der Waals surface area (Å²) in [5.74, 6) is 1.80. The van der Waals surface area contributed by atoms with Crippen molar-refractivity contribution in [3.8, 4) is 5.75 Å². The van der Waals surface area contributed by atoms with E-state index in [2.05, 4.69) is 61.0 Å². The second-order valence-electron chi connectivity index (χ2n) is 9.81. The maximum Gasteiger partial charge on any atom is 0.146 e. The van der Waals surface area contributed by atoms with Crippen molar-refractivity contribution in [2.24, 2.45) is 0 Å². The first kappa shape index (κ1) is 23.7. The maximum absolute atomic E-state index is 5.55. The summed E-state index contributed by atoms with van der Waals surface area (Å²) in [4.78, 5) is 12.1. The van der Waals surface area contributed by atoms with E-state index in [-0.39, 0.29) is 0 Å². The summed E-state index contributed by atoms with van der Waals surface area (Å²) in [6.45, 7) is 4.60. The lowest BCUT2D eigenvalue weighted by Crippen LogP contribution is -2.46. The Morgan fingerprint density at radius 1 is 1.03 bits per heavy atom. The normalized spacial score (nSPS) is 21.2. The van der Waals surface area contributed by atoms with Gasteiger partial charge in [0.2, 0.25) is 0 Å². The van der Waals surface area contributed by atoms with E-state index in [4.69, 9.17) is 19.4 Å². The molecule has 0 radical (unpaired) electrons. The number of morpholine rings is 1. The van der Waals surface area contributed by atoms with Crippen LogP contribution in [0.5, 0.6) is 5.75 Å². The Bertz CT molecular complexity index is 1340. The number of nitrogens with zero attached hydrogens (tertiary/aromatic N) is 4. The van der Waals surface area contributed by atoms with Crippen LogP contribution in [0.15, 0.2) is 53.3 Å². The van der Waals surface area contributed by atoms with Gasteiger partial charge in [0.05, 0.1) is 31.2 Å². The van der Waals surface area contributed by atoms with Crippen molar-refractivity contribution >= 4 is 43.7 Å². The van der Waals surface area contributed by atoms with Gasteiger partial charge in [0, 0.05) is 41.6 Å². The number of methoxy groups -OCH3 is 1. The van der Waals surface area contributed by atoms with Crippen molar-refractivity contribution in [1.29, 1.82) is 0 Å². The SMILES string of the molecule is COc1ccc(Cn2c3ccc(Br)cc3c3c(NC4CCC(N5CCOCC5)CC4)ncnc32)cc1. The van der Waals surface area contributed by atoms with Gasteiger partial charge >= 0.3 is 0 Å². The number of halogens is 1. The second kappa shape index (κ2) is 10.4. The third kappa shape index (κ3) is 4.69. The highest BCUT2D eigenvalue weighted by molar-refractivity contribution is 9.10. The van der Waals surface area contributed by atoms with Crippen molar-refractivity contribution in [3.63, 3.8) is 0 Å². The average molecular weight is 551 g/mol. The summed E-state index contributed by atoms with van der Waals surface area (Å²) in [5, 5.41) is 6.07. The zero-order chi connectivity index (χ0) is 24.5. The first-order valence-electron chi connectivity index (χ1n) is 12.8. The molecule has 0 spiro atoms. The van der Waals surface area contributed by atoms with Crippen LogP contribution in [0.1, 0.15) is 31.2 Å². The van der Waals surface area contributed by atoms with Crippen molar-refractivity contribution < 1.29 is 9.47 Å². The van der Waals surface area contributed by atoms with E-state index in [1.807, 2.05) is 12.1 Å². The fraction of sp³-hybridized carbons (Fsp3) is 0.429. The quantitative estimate of drug-likeness (QED) is 0.344. The molecule has 2 aromatic carbocycles. The highest BCUT2D eigenvalue weighted by Gasteiger charge is 2.28. The van der Waals surface area contributed by atoms with Crippen molar-refractivity contribution in [2.75, 3.05) is 38.7 Å². The van der Waals surface area contributed by atoms with Crippen LogP contribution in [0.4, 0.5) is 5.82 Å². The van der Waals surface area contributed by atoms with Crippen molar-refractivity contribution in [3.05, 3.63) is 58.8 Å². The molecule has 1 aliphatic carbocycles. The molecule has 0 bridgehead atoms. The van der Waals surface area contributed by atoms with Crippen LogP contribution < -0.4 is 10.1 Å². The van der Waals surface area contributed by atoms with Crippen LogP contribution >= 0.6 is 15.9 Å². The van der Waals surface area contributed by atoms with Crippen LogP contribution in [0.2, 0.25) is 0 Å². The van der Waals surface area contributed by atoms with Crippen LogP contribution in [0.25, 0.3) is 21.9 Å². The Balaban J connectivity index is 1.29. The highest BCUT2D eigenvalue weighted by atomic mass is 79.9. The molecule has 0 unspecified atom stereocenters. The number of anilines is 1. The predicted octanol–water partition coefficient (Wildman–Crippen LogP) is 5.46. The Labute approximate surface area is 219 Å². The van der Waals surface area contributed by atoms with Gasteiger partial charge in [-0.1, -0.05) is 28.1 Å². The molecular weight excluding hydrogens is 518 g/mol. The first-order chi connectivity index (χ1) is 17.7. The van der Waals surface area contributed by atoms with Crippen LogP contribution in [-0.2, 0) is 11.3 Å². The van der Waals surface area contributed by atoms with Gasteiger partial charge in [0.15, 0.2) is 0 Å². The predicted molar refractivity (Wildman–Crippen MR) is 147 cm³/mol. The van der Waals surface area contributed by atoms with Gasteiger partial charge in [-0.2, -0.15) is 0 Å². The molecule has 7 nitrogen and oxygen atoms in total. The molecule has 1 saturated carbocycles. The number of fused-ring (bicyclic) bond motifs is 3. The lowest BCUT2D eigenvalue weighted by molar-refractivity contribution is 0.00791. The summed E-state index contributed by atoms with van der Waals surface area (Å²) in [5.41, 5.74) is 3.31. The minimum atomic E-state index is 0.424. The fourth-order valence-electron chi connectivity index (χ4n) is 5.79. The molecule has 1 saturated heterocycles. The number of rotatable bonds is 6. The number of aromatic nitrogens is 3. The van der Waals surface area contributed by atoms with Gasteiger partial charge in [-0.05, 0) is 61.6 Å². The van der Waals surface area contributed by atoms with Gasteiger partial charge in [-0.15, -0.1) is 0 Å². The molecule has 188 valence electrons. The second-order valence-corrected chi connectivity index (χ2v) is 10.7.